The zero-order valence-electron chi connectivity index (χ0n) is 16.1. The predicted octanol–water partition coefficient (Wildman–Crippen LogP) is 2.24. The van der Waals surface area contributed by atoms with Gasteiger partial charge in [-0.25, -0.2) is 17.8 Å². The third-order valence-electron chi connectivity index (χ3n) is 5.38. The Bertz CT molecular complexity index is 1210. The van der Waals surface area contributed by atoms with Crippen LogP contribution in [0.3, 0.4) is 0 Å². The standard InChI is InChI=1S/C19H21FN4O4S/c1-12-18(13(2)28-22-12)29(26,27)24-7-5-14(6-8-24)10-23-11-21-17-9-15(20)3-4-16(17)19(23)25/h3-4,9,11,14H,5-8,10H2,1-2H3. The first-order chi connectivity index (χ1) is 13.8. The molecule has 29 heavy (non-hydrogen) atoms. The molecule has 10 heteroatoms. The minimum absolute atomic E-state index is 0.137. The molecule has 8 nitrogen and oxygen atoms in total. The summed E-state index contributed by atoms with van der Waals surface area (Å²) in [5, 5.41) is 4.11. The van der Waals surface area contributed by atoms with Gasteiger partial charge in [0, 0.05) is 25.7 Å². The first-order valence-corrected chi connectivity index (χ1v) is 10.8. The van der Waals surface area contributed by atoms with Gasteiger partial charge in [-0.05, 0) is 44.7 Å². The summed E-state index contributed by atoms with van der Waals surface area (Å²) >= 11 is 0. The van der Waals surface area contributed by atoms with Gasteiger partial charge >= 0.3 is 0 Å². The average Bonchev–Trinajstić information content (AvgIpc) is 3.03. The second-order valence-electron chi connectivity index (χ2n) is 7.36. The quantitative estimate of drug-likeness (QED) is 0.642. The lowest BCUT2D eigenvalue weighted by Gasteiger charge is -2.31. The van der Waals surface area contributed by atoms with Gasteiger partial charge < -0.3 is 4.52 Å². The number of piperidine rings is 1. The smallest absolute Gasteiger partial charge is 0.261 e. The van der Waals surface area contributed by atoms with Crippen molar-refractivity contribution in [2.24, 2.45) is 5.92 Å². The monoisotopic (exact) mass is 420 g/mol. The molecule has 1 aliphatic heterocycles. The van der Waals surface area contributed by atoms with Crippen molar-refractivity contribution in [1.29, 1.82) is 0 Å². The molecule has 0 amide bonds. The van der Waals surface area contributed by atoms with Crippen LogP contribution in [0, 0.1) is 25.6 Å². The van der Waals surface area contributed by atoms with Gasteiger partial charge in [0.25, 0.3) is 5.56 Å². The number of sulfonamides is 1. The van der Waals surface area contributed by atoms with E-state index in [0.29, 0.717) is 49.1 Å². The van der Waals surface area contributed by atoms with Crippen molar-refractivity contribution < 1.29 is 17.3 Å². The fraction of sp³-hybridized carbons (Fsp3) is 0.421. The zero-order chi connectivity index (χ0) is 20.8. The summed E-state index contributed by atoms with van der Waals surface area (Å²) in [5.41, 5.74) is 0.460. The van der Waals surface area contributed by atoms with Crippen LogP contribution in [0.5, 0.6) is 0 Å². The molecule has 3 aromatic rings. The topological polar surface area (TPSA) is 98.3 Å². The van der Waals surface area contributed by atoms with Gasteiger partial charge in [-0.15, -0.1) is 0 Å². The highest BCUT2D eigenvalue weighted by Gasteiger charge is 2.33. The van der Waals surface area contributed by atoms with Crippen molar-refractivity contribution in [2.75, 3.05) is 13.1 Å². The zero-order valence-corrected chi connectivity index (χ0v) is 16.9. The summed E-state index contributed by atoms with van der Waals surface area (Å²) in [4.78, 5) is 17.0. The highest BCUT2D eigenvalue weighted by atomic mass is 32.2. The fourth-order valence-corrected chi connectivity index (χ4v) is 5.60. The predicted molar refractivity (Wildman–Crippen MR) is 103 cm³/mol. The first-order valence-electron chi connectivity index (χ1n) is 9.35. The third kappa shape index (κ3) is 3.58. The van der Waals surface area contributed by atoms with Crippen LogP contribution >= 0.6 is 0 Å². The molecule has 0 unspecified atom stereocenters. The van der Waals surface area contributed by atoms with Crippen LogP contribution < -0.4 is 5.56 Å². The summed E-state index contributed by atoms with van der Waals surface area (Å²) in [6, 6.07) is 3.92. The van der Waals surface area contributed by atoms with Crippen LogP contribution in [0.1, 0.15) is 24.3 Å². The average molecular weight is 420 g/mol. The second-order valence-corrected chi connectivity index (χ2v) is 9.24. The van der Waals surface area contributed by atoms with Crippen molar-refractivity contribution in [3.8, 4) is 0 Å². The molecular weight excluding hydrogens is 399 g/mol. The molecular formula is C19H21FN4O4S. The lowest BCUT2D eigenvalue weighted by molar-refractivity contribution is 0.251. The highest BCUT2D eigenvalue weighted by Crippen LogP contribution is 2.28. The highest BCUT2D eigenvalue weighted by molar-refractivity contribution is 7.89. The Morgan fingerprint density at radius 3 is 2.62 bits per heavy atom. The van der Waals surface area contributed by atoms with E-state index in [2.05, 4.69) is 10.1 Å². The molecule has 0 bridgehead atoms. The van der Waals surface area contributed by atoms with Gasteiger partial charge in [-0.2, -0.15) is 4.31 Å². The van der Waals surface area contributed by atoms with Crippen molar-refractivity contribution >= 4 is 20.9 Å². The molecule has 2 aromatic heterocycles. The summed E-state index contributed by atoms with van der Waals surface area (Å²) in [6.07, 6.45) is 2.67. The lowest BCUT2D eigenvalue weighted by Crippen LogP contribution is -2.40. The molecule has 4 rings (SSSR count). The SMILES string of the molecule is Cc1noc(C)c1S(=O)(=O)N1CCC(Cn2cnc3cc(F)ccc3c2=O)CC1. The normalized spacial score (nSPS) is 16.5. The van der Waals surface area contributed by atoms with E-state index in [1.165, 1.54) is 33.4 Å². The van der Waals surface area contributed by atoms with E-state index >= 15 is 0 Å². The molecule has 1 aromatic carbocycles. The molecule has 0 aliphatic carbocycles. The Morgan fingerprint density at radius 1 is 1.24 bits per heavy atom. The molecule has 1 fully saturated rings. The fourth-order valence-electron chi connectivity index (χ4n) is 3.84. The molecule has 0 spiro atoms. The van der Waals surface area contributed by atoms with Crippen molar-refractivity contribution in [3.63, 3.8) is 0 Å². The summed E-state index contributed by atoms with van der Waals surface area (Å²) in [7, 11) is -3.66. The Kier molecular flexibility index (Phi) is 4.99. The minimum Gasteiger partial charge on any atom is -0.360 e. The Labute approximate surface area is 167 Å². The number of aromatic nitrogens is 3. The molecule has 0 radical (unpaired) electrons. The maximum absolute atomic E-state index is 13.3. The molecule has 3 heterocycles. The van der Waals surface area contributed by atoms with E-state index < -0.39 is 15.8 Å². The van der Waals surface area contributed by atoms with E-state index in [4.69, 9.17) is 4.52 Å². The van der Waals surface area contributed by atoms with Crippen LogP contribution in [0.4, 0.5) is 4.39 Å². The second kappa shape index (κ2) is 7.34. The summed E-state index contributed by atoms with van der Waals surface area (Å²) < 4.78 is 47.1. The van der Waals surface area contributed by atoms with E-state index in [-0.39, 0.29) is 22.1 Å². The number of rotatable bonds is 4. The number of hydrogen-bond acceptors (Lipinski definition) is 6. The lowest BCUT2D eigenvalue weighted by atomic mass is 9.98. The van der Waals surface area contributed by atoms with E-state index in [9.17, 15) is 17.6 Å². The molecule has 0 saturated carbocycles. The number of aryl methyl sites for hydroxylation is 2. The van der Waals surface area contributed by atoms with Crippen LogP contribution in [0.25, 0.3) is 10.9 Å². The maximum atomic E-state index is 13.3. The van der Waals surface area contributed by atoms with E-state index in [0.717, 1.165) is 0 Å². The van der Waals surface area contributed by atoms with Crippen LogP contribution in [0.2, 0.25) is 0 Å². The number of halogens is 1. The largest absolute Gasteiger partial charge is 0.360 e. The number of fused-ring (bicyclic) bond motifs is 1. The van der Waals surface area contributed by atoms with Gasteiger partial charge in [-0.3, -0.25) is 9.36 Å². The number of hydrogen-bond donors (Lipinski definition) is 0. The van der Waals surface area contributed by atoms with Crippen molar-refractivity contribution in [1.82, 2.24) is 19.0 Å². The molecule has 154 valence electrons. The van der Waals surface area contributed by atoms with Crippen molar-refractivity contribution in [3.05, 3.63) is 52.2 Å². The Balaban J connectivity index is 1.48. The van der Waals surface area contributed by atoms with Crippen LogP contribution in [0.15, 0.2) is 38.7 Å². The number of nitrogens with zero attached hydrogens (tertiary/aromatic N) is 4. The molecule has 0 N–H and O–H groups in total. The van der Waals surface area contributed by atoms with Crippen LogP contribution in [-0.2, 0) is 16.6 Å². The van der Waals surface area contributed by atoms with E-state index in [1.54, 1.807) is 13.8 Å². The summed E-state index contributed by atoms with van der Waals surface area (Å²) in [5.74, 6) is -0.00704. The van der Waals surface area contributed by atoms with Crippen LogP contribution in [-0.4, -0.2) is 40.5 Å². The number of benzene rings is 1. The van der Waals surface area contributed by atoms with Gasteiger partial charge in [0.05, 0.1) is 17.2 Å². The Hall–Kier alpha value is -2.59. The van der Waals surface area contributed by atoms with Crippen molar-refractivity contribution in [2.45, 2.75) is 38.1 Å². The van der Waals surface area contributed by atoms with Gasteiger partial charge in [0.1, 0.15) is 16.4 Å². The molecule has 0 atom stereocenters. The first kappa shape index (κ1) is 19.7. The third-order valence-corrected chi connectivity index (χ3v) is 7.53. The summed E-state index contributed by atoms with van der Waals surface area (Å²) in [6.45, 7) is 4.36. The molecule has 1 saturated heterocycles. The maximum Gasteiger partial charge on any atom is 0.261 e. The van der Waals surface area contributed by atoms with Gasteiger partial charge in [0.15, 0.2) is 5.76 Å². The minimum atomic E-state index is -3.66. The van der Waals surface area contributed by atoms with Gasteiger partial charge in [-0.1, -0.05) is 5.16 Å². The van der Waals surface area contributed by atoms with Gasteiger partial charge in [0.2, 0.25) is 10.0 Å². The molecule has 1 aliphatic rings. The Morgan fingerprint density at radius 2 is 1.97 bits per heavy atom. The van der Waals surface area contributed by atoms with E-state index in [1.807, 2.05) is 0 Å².